The van der Waals surface area contributed by atoms with Crippen LogP contribution in [0, 0.1) is 6.92 Å². The Balaban J connectivity index is 2.30. The van der Waals surface area contributed by atoms with Crippen molar-refractivity contribution in [3.8, 4) is 9.75 Å². The highest BCUT2D eigenvalue weighted by molar-refractivity contribution is 8.03. The Kier molecular flexibility index (Phi) is 2.43. The fourth-order valence-corrected chi connectivity index (χ4v) is 6.92. The second-order valence-corrected chi connectivity index (χ2v) is 7.62. The first-order valence-electron chi connectivity index (χ1n) is 3.01. The van der Waals surface area contributed by atoms with Gasteiger partial charge in [-0.25, -0.2) is 0 Å². The van der Waals surface area contributed by atoms with Gasteiger partial charge in [-0.1, -0.05) is 41.4 Å². The van der Waals surface area contributed by atoms with Crippen molar-refractivity contribution < 1.29 is 0 Å². The molecule has 0 radical (unpaired) electrons. The monoisotopic (exact) mass is 238 g/mol. The van der Waals surface area contributed by atoms with Gasteiger partial charge in [0.05, 0.1) is 14.0 Å². The standard InChI is InChI=1S/C6H6S5/c1-3-4(9-8-3)5-6(7-2)11-10-5/h1-2H3. The van der Waals surface area contributed by atoms with E-state index in [0.717, 1.165) is 0 Å². The highest BCUT2D eigenvalue weighted by Crippen LogP contribution is 2.50. The minimum atomic E-state index is 1.49. The van der Waals surface area contributed by atoms with Crippen LogP contribution in [0.5, 0.6) is 0 Å². The van der Waals surface area contributed by atoms with Gasteiger partial charge in [-0.3, -0.25) is 0 Å². The Bertz CT molecular complexity index is 333. The molecule has 0 atom stereocenters. The van der Waals surface area contributed by atoms with Crippen molar-refractivity contribution in [2.75, 3.05) is 6.26 Å². The highest BCUT2D eigenvalue weighted by Gasteiger charge is 2.15. The number of hydrogen-bond acceptors (Lipinski definition) is 5. The predicted molar refractivity (Wildman–Crippen MR) is 59.9 cm³/mol. The van der Waals surface area contributed by atoms with Crippen molar-refractivity contribution in [1.29, 1.82) is 0 Å². The number of aryl methyl sites for hydroxylation is 1. The van der Waals surface area contributed by atoms with Crippen LogP contribution < -0.4 is 0 Å². The zero-order valence-electron chi connectivity index (χ0n) is 6.04. The molecule has 2 heterocycles. The molecular weight excluding hydrogens is 232 g/mol. The predicted octanol–water partition coefficient (Wildman–Crippen LogP) is 4.63. The Hall–Kier alpha value is 0.710. The molecule has 60 valence electrons. The first-order valence-corrected chi connectivity index (χ1v) is 8.54. The summed E-state index contributed by atoms with van der Waals surface area (Å²) in [5, 5.41) is 0. The van der Waals surface area contributed by atoms with Crippen molar-refractivity contribution in [2.45, 2.75) is 11.1 Å². The van der Waals surface area contributed by atoms with Crippen LogP contribution in [0.25, 0.3) is 9.75 Å². The average Bonchev–Trinajstić information content (AvgIpc) is 1.96. The van der Waals surface area contributed by atoms with Gasteiger partial charge in [0.25, 0.3) is 0 Å². The van der Waals surface area contributed by atoms with Gasteiger partial charge in [-0.2, -0.15) is 0 Å². The van der Waals surface area contributed by atoms with Gasteiger partial charge >= 0.3 is 0 Å². The third kappa shape index (κ3) is 1.33. The van der Waals surface area contributed by atoms with Crippen LogP contribution in [-0.4, -0.2) is 6.26 Å². The lowest BCUT2D eigenvalue weighted by atomic mass is 10.4. The first kappa shape index (κ1) is 8.31. The van der Waals surface area contributed by atoms with Crippen LogP contribution in [0.2, 0.25) is 0 Å². The maximum Gasteiger partial charge on any atom is 0.0899 e. The van der Waals surface area contributed by atoms with Crippen LogP contribution in [0.3, 0.4) is 0 Å². The van der Waals surface area contributed by atoms with E-state index in [1.54, 1.807) is 0 Å². The molecule has 0 fully saturated rings. The Morgan fingerprint density at radius 3 is 2.00 bits per heavy atom. The van der Waals surface area contributed by atoms with Gasteiger partial charge < -0.3 is 0 Å². The van der Waals surface area contributed by atoms with Crippen LogP contribution in [0.1, 0.15) is 4.88 Å². The fourth-order valence-electron chi connectivity index (χ4n) is 0.739. The van der Waals surface area contributed by atoms with E-state index in [1.807, 2.05) is 53.1 Å². The van der Waals surface area contributed by atoms with E-state index in [1.165, 1.54) is 18.8 Å². The minimum Gasteiger partial charge on any atom is -0.117 e. The van der Waals surface area contributed by atoms with E-state index in [0.29, 0.717) is 0 Å². The first-order chi connectivity index (χ1) is 5.33. The second-order valence-electron chi connectivity index (χ2n) is 2.04. The lowest BCUT2D eigenvalue weighted by Crippen LogP contribution is -1.80. The van der Waals surface area contributed by atoms with Crippen LogP contribution in [-0.2, 0) is 0 Å². The topological polar surface area (TPSA) is 0 Å². The molecule has 2 rings (SSSR count). The quantitative estimate of drug-likeness (QED) is 0.543. The Morgan fingerprint density at radius 1 is 1.00 bits per heavy atom. The third-order valence-corrected chi connectivity index (χ3v) is 8.48. The van der Waals surface area contributed by atoms with Crippen molar-refractivity contribution in [3.05, 3.63) is 4.88 Å². The third-order valence-electron chi connectivity index (χ3n) is 1.35. The van der Waals surface area contributed by atoms with Gasteiger partial charge in [-0.05, 0) is 13.2 Å². The molecule has 2 aromatic heterocycles. The summed E-state index contributed by atoms with van der Waals surface area (Å²) in [4.78, 5) is 4.52. The molecule has 11 heavy (non-hydrogen) atoms. The van der Waals surface area contributed by atoms with Crippen molar-refractivity contribution >= 4 is 53.1 Å². The van der Waals surface area contributed by atoms with Crippen LogP contribution in [0.15, 0.2) is 4.21 Å². The lowest BCUT2D eigenvalue weighted by molar-refractivity contribution is 1.63. The van der Waals surface area contributed by atoms with Crippen molar-refractivity contribution in [3.63, 3.8) is 0 Å². The molecule has 0 saturated carbocycles. The fraction of sp³-hybridized carbons (Fsp3) is 0.333. The molecule has 0 aliphatic carbocycles. The Morgan fingerprint density at radius 2 is 1.73 bits per heavy atom. The molecule has 0 amide bonds. The van der Waals surface area contributed by atoms with Crippen LogP contribution >= 0.6 is 53.1 Å². The zero-order valence-corrected chi connectivity index (χ0v) is 10.1. The molecule has 2 aromatic rings. The van der Waals surface area contributed by atoms with Crippen LogP contribution in [0.4, 0.5) is 0 Å². The molecule has 0 nitrogen and oxygen atoms in total. The smallest absolute Gasteiger partial charge is 0.0899 e. The summed E-state index contributed by atoms with van der Waals surface area (Å²) in [7, 11) is 7.60. The van der Waals surface area contributed by atoms with E-state index < -0.39 is 0 Å². The van der Waals surface area contributed by atoms with E-state index in [-0.39, 0.29) is 0 Å². The summed E-state index contributed by atoms with van der Waals surface area (Å²) in [5.41, 5.74) is 0. The van der Waals surface area contributed by atoms with E-state index in [9.17, 15) is 0 Å². The average molecular weight is 238 g/mol. The van der Waals surface area contributed by atoms with E-state index >= 15 is 0 Å². The van der Waals surface area contributed by atoms with E-state index in [4.69, 9.17) is 0 Å². The summed E-state index contributed by atoms with van der Waals surface area (Å²) < 4.78 is 1.50. The van der Waals surface area contributed by atoms with Gasteiger partial charge in [0.1, 0.15) is 0 Å². The molecule has 0 N–H and O–H groups in total. The molecule has 0 unspecified atom stereocenters. The number of hydrogen-bond donors (Lipinski definition) is 0. The zero-order chi connectivity index (χ0) is 7.84. The summed E-state index contributed by atoms with van der Waals surface area (Å²) >= 11 is 1.86. The minimum absolute atomic E-state index is 1.49. The molecule has 0 spiro atoms. The Labute approximate surface area is 84.7 Å². The van der Waals surface area contributed by atoms with Crippen molar-refractivity contribution in [2.24, 2.45) is 0 Å². The number of thioether (sulfide) groups is 1. The largest absolute Gasteiger partial charge is 0.117 e. The lowest BCUT2D eigenvalue weighted by Gasteiger charge is -2.10. The molecule has 5 heteroatoms. The second kappa shape index (κ2) is 3.22. The summed E-state index contributed by atoms with van der Waals surface area (Å²) in [6.45, 7) is 2.20. The molecule has 0 saturated heterocycles. The summed E-state index contributed by atoms with van der Waals surface area (Å²) in [6.07, 6.45) is 2.15. The summed E-state index contributed by atoms with van der Waals surface area (Å²) in [5.74, 6) is 0. The molecular formula is C6H6S5. The van der Waals surface area contributed by atoms with E-state index in [2.05, 4.69) is 13.2 Å². The molecule has 0 aromatic carbocycles. The highest BCUT2D eigenvalue weighted by atomic mass is 32.9. The van der Waals surface area contributed by atoms with Gasteiger partial charge in [-0.15, -0.1) is 11.8 Å². The van der Waals surface area contributed by atoms with Crippen molar-refractivity contribution in [1.82, 2.24) is 0 Å². The number of rotatable bonds is 2. The normalized spacial score (nSPS) is 11.1. The van der Waals surface area contributed by atoms with Gasteiger partial charge in [0.15, 0.2) is 0 Å². The SMILES string of the molecule is CSc1ssc1-c1ssc1C. The van der Waals surface area contributed by atoms with Gasteiger partial charge in [0, 0.05) is 4.88 Å². The molecule has 0 aliphatic heterocycles. The maximum absolute atomic E-state index is 2.20. The molecule has 0 aliphatic rings. The van der Waals surface area contributed by atoms with Gasteiger partial charge in [0.2, 0.25) is 0 Å². The maximum atomic E-state index is 2.20. The molecule has 0 bridgehead atoms. The summed E-state index contributed by atoms with van der Waals surface area (Å²) in [6, 6.07) is 0.